The summed E-state index contributed by atoms with van der Waals surface area (Å²) in [7, 11) is 1.60. The topological polar surface area (TPSA) is 99.5 Å². The van der Waals surface area contributed by atoms with Gasteiger partial charge in [0.25, 0.3) is 0 Å². The molecule has 1 aromatic carbocycles. The average molecular weight is 343 g/mol. The molecule has 8 heteroatoms. The third-order valence-corrected chi connectivity index (χ3v) is 4.06. The molecule has 0 spiro atoms. The summed E-state index contributed by atoms with van der Waals surface area (Å²) in [5.74, 6) is 0.480. The van der Waals surface area contributed by atoms with Gasteiger partial charge in [0, 0.05) is 19.2 Å². The summed E-state index contributed by atoms with van der Waals surface area (Å²) in [6, 6.07) is 11.2. The molecule has 0 saturated carbocycles. The number of hydrogen-bond acceptors (Lipinski definition) is 6. The number of aromatic nitrogens is 1. The molecule has 1 aliphatic rings. The molecular weight excluding hydrogens is 322 g/mol. The molecule has 8 nitrogen and oxygen atoms in total. The lowest BCUT2D eigenvalue weighted by Crippen LogP contribution is -2.46. The SMILES string of the molecule is Cc1cc(NC(=O)CN(C)C(=O)C2CC(c3ccccc3)NN2)no1. The van der Waals surface area contributed by atoms with Gasteiger partial charge in [0.1, 0.15) is 11.8 Å². The first-order valence-corrected chi connectivity index (χ1v) is 8.07. The van der Waals surface area contributed by atoms with Crippen LogP contribution in [0.25, 0.3) is 0 Å². The number of nitrogens with one attached hydrogen (secondary N) is 3. The molecule has 2 unspecified atom stereocenters. The highest BCUT2D eigenvalue weighted by Crippen LogP contribution is 2.22. The Bertz CT molecular complexity index is 746. The number of aryl methyl sites for hydroxylation is 1. The number of nitrogens with zero attached hydrogens (tertiary/aromatic N) is 2. The van der Waals surface area contributed by atoms with Gasteiger partial charge in [-0.25, -0.2) is 10.9 Å². The van der Waals surface area contributed by atoms with Crippen molar-refractivity contribution >= 4 is 17.6 Å². The van der Waals surface area contributed by atoms with E-state index in [1.165, 1.54) is 4.90 Å². The normalized spacial score (nSPS) is 19.6. The van der Waals surface area contributed by atoms with Crippen molar-refractivity contribution in [2.45, 2.75) is 25.4 Å². The highest BCUT2D eigenvalue weighted by Gasteiger charge is 2.32. The zero-order valence-corrected chi connectivity index (χ0v) is 14.2. The van der Waals surface area contributed by atoms with Crippen molar-refractivity contribution in [3.8, 4) is 0 Å². The monoisotopic (exact) mass is 343 g/mol. The van der Waals surface area contributed by atoms with E-state index < -0.39 is 0 Å². The van der Waals surface area contributed by atoms with Gasteiger partial charge in [0.2, 0.25) is 11.8 Å². The molecule has 2 aromatic rings. The van der Waals surface area contributed by atoms with E-state index in [1.54, 1.807) is 20.0 Å². The first-order chi connectivity index (χ1) is 12.0. The molecule has 3 rings (SSSR count). The molecule has 0 aliphatic carbocycles. The molecule has 0 bridgehead atoms. The van der Waals surface area contributed by atoms with Gasteiger partial charge in [-0.1, -0.05) is 35.5 Å². The van der Waals surface area contributed by atoms with Crippen LogP contribution >= 0.6 is 0 Å². The van der Waals surface area contributed by atoms with Crippen molar-refractivity contribution < 1.29 is 14.1 Å². The minimum absolute atomic E-state index is 0.0566. The summed E-state index contributed by atoms with van der Waals surface area (Å²) >= 11 is 0. The maximum Gasteiger partial charge on any atom is 0.245 e. The summed E-state index contributed by atoms with van der Waals surface area (Å²) < 4.78 is 4.89. The van der Waals surface area contributed by atoms with Crippen LogP contribution in [0.1, 0.15) is 23.8 Å². The Morgan fingerprint density at radius 2 is 2.08 bits per heavy atom. The summed E-state index contributed by atoms with van der Waals surface area (Å²) in [5, 5.41) is 6.30. The zero-order chi connectivity index (χ0) is 17.8. The number of hydrogen-bond donors (Lipinski definition) is 3. The molecule has 2 atom stereocenters. The van der Waals surface area contributed by atoms with Crippen molar-refractivity contribution in [1.29, 1.82) is 0 Å². The van der Waals surface area contributed by atoms with Crippen molar-refractivity contribution in [3.05, 3.63) is 47.7 Å². The van der Waals surface area contributed by atoms with Crippen LogP contribution in [0.15, 0.2) is 40.9 Å². The van der Waals surface area contributed by atoms with Gasteiger partial charge in [0.05, 0.1) is 6.54 Å². The van der Waals surface area contributed by atoms with Gasteiger partial charge in [0.15, 0.2) is 5.82 Å². The largest absolute Gasteiger partial charge is 0.360 e. The van der Waals surface area contributed by atoms with Gasteiger partial charge in [-0.2, -0.15) is 0 Å². The Morgan fingerprint density at radius 1 is 1.32 bits per heavy atom. The Balaban J connectivity index is 1.51. The highest BCUT2D eigenvalue weighted by atomic mass is 16.5. The van der Waals surface area contributed by atoms with Crippen LogP contribution < -0.4 is 16.2 Å². The van der Waals surface area contributed by atoms with Crippen LogP contribution in [-0.2, 0) is 9.59 Å². The van der Waals surface area contributed by atoms with Crippen molar-refractivity contribution in [1.82, 2.24) is 20.9 Å². The Hall–Kier alpha value is -2.71. The van der Waals surface area contributed by atoms with Gasteiger partial charge in [-0.15, -0.1) is 0 Å². The summed E-state index contributed by atoms with van der Waals surface area (Å²) in [4.78, 5) is 25.9. The van der Waals surface area contributed by atoms with E-state index in [2.05, 4.69) is 21.3 Å². The maximum absolute atomic E-state index is 12.5. The van der Waals surface area contributed by atoms with Crippen LogP contribution in [0.2, 0.25) is 0 Å². The molecule has 25 heavy (non-hydrogen) atoms. The molecule has 0 radical (unpaired) electrons. The van der Waals surface area contributed by atoms with Gasteiger partial charge in [-0.3, -0.25) is 9.59 Å². The third-order valence-electron chi connectivity index (χ3n) is 4.06. The van der Waals surface area contributed by atoms with E-state index in [0.717, 1.165) is 5.56 Å². The van der Waals surface area contributed by atoms with Crippen LogP contribution in [0, 0.1) is 6.92 Å². The number of benzene rings is 1. The van der Waals surface area contributed by atoms with E-state index in [0.29, 0.717) is 18.0 Å². The quantitative estimate of drug-likeness (QED) is 0.749. The minimum atomic E-state index is -0.377. The van der Waals surface area contributed by atoms with Crippen LogP contribution in [0.3, 0.4) is 0 Å². The molecular formula is C17H21N5O3. The predicted molar refractivity (Wildman–Crippen MR) is 91.4 cm³/mol. The Morgan fingerprint density at radius 3 is 2.76 bits per heavy atom. The predicted octanol–water partition coefficient (Wildman–Crippen LogP) is 0.988. The lowest BCUT2D eigenvalue weighted by atomic mass is 10.0. The van der Waals surface area contributed by atoms with E-state index in [-0.39, 0.29) is 30.4 Å². The Labute approximate surface area is 145 Å². The molecule has 3 N–H and O–H groups in total. The highest BCUT2D eigenvalue weighted by molar-refractivity contribution is 5.94. The molecule has 2 heterocycles. The number of anilines is 1. The second-order valence-corrected chi connectivity index (χ2v) is 6.11. The molecule has 1 aliphatic heterocycles. The van der Waals surface area contributed by atoms with E-state index in [9.17, 15) is 9.59 Å². The number of likely N-dealkylation sites (N-methyl/N-ethyl adjacent to an activating group) is 1. The fraction of sp³-hybridized carbons (Fsp3) is 0.353. The van der Waals surface area contributed by atoms with Crippen molar-refractivity contribution in [2.24, 2.45) is 0 Å². The zero-order valence-electron chi connectivity index (χ0n) is 14.2. The first-order valence-electron chi connectivity index (χ1n) is 8.07. The van der Waals surface area contributed by atoms with E-state index in [4.69, 9.17) is 4.52 Å². The number of hydrazine groups is 1. The smallest absolute Gasteiger partial charge is 0.245 e. The molecule has 1 saturated heterocycles. The number of amides is 2. The van der Waals surface area contributed by atoms with Gasteiger partial charge >= 0.3 is 0 Å². The second-order valence-electron chi connectivity index (χ2n) is 6.11. The number of rotatable bonds is 5. The average Bonchev–Trinajstić information content (AvgIpc) is 3.24. The van der Waals surface area contributed by atoms with Gasteiger partial charge in [-0.05, 0) is 18.9 Å². The van der Waals surface area contributed by atoms with Gasteiger partial charge < -0.3 is 14.7 Å². The summed E-state index contributed by atoms with van der Waals surface area (Å²) in [5.41, 5.74) is 7.26. The summed E-state index contributed by atoms with van der Waals surface area (Å²) in [6.45, 7) is 1.68. The minimum Gasteiger partial charge on any atom is -0.360 e. The lowest BCUT2D eigenvalue weighted by Gasteiger charge is -2.20. The fourth-order valence-corrected chi connectivity index (χ4v) is 2.79. The van der Waals surface area contributed by atoms with Crippen molar-refractivity contribution in [3.63, 3.8) is 0 Å². The number of carbonyl (C=O) groups is 2. The maximum atomic E-state index is 12.5. The van der Waals surface area contributed by atoms with Crippen molar-refractivity contribution in [2.75, 3.05) is 18.9 Å². The lowest BCUT2D eigenvalue weighted by molar-refractivity contribution is -0.134. The summed E-state index contributed by atoms with van der Waals surface area (Å²) in [6.07, 6.45) is 0.622. The van der Waals surface area contributed by atoms with E-state index in [1.807, 2.05) is 30.3 Å². The standard InChI is InChI=1S/C17H21N5O3/c1-11-8-15(21-25-11)18-16(23)10-22(2)17(24)14-9-13(19-20-14)12-6-4-3-5-7-12/h3-8,13-14,19-20H,9-10H2,1-2H3,(H,18,21,23). The Kier molecular flexibility index (Phi) is 5.11. The van der Waals surface area contributed by atoms with Crippen LogP contribution in [0.4, 0.5) is 5.82 Å². The molecule has 2 amide bonds. The molecule has 1 aromatic heterocycles. The van der Waals surface area contributed by atoms with E-state index >= 15 is 0 Å². The molecule has 1 fully saturated rings. The number of carbonyl (C=O) groups excluding carboxylic acids is 2. The fourth-order valence-electron chi connectivity index (χ4n) is 2.79. The molecule has 132 valence electrons. The first kappa shape index (κ1) is 17.1. The van der Waals surface area contributed by atoms with Crippen LogP contribution in [0.5, 0.6) is 0 Å². The third kappa shape index (κ3) is 4.23. The second kappa shape index (κ2) is 7.45. The van der Waals surface area contributed by atoms with Crippen LogP contribution in [-0.4, -0.2) is 41.5 Å².